The number of carbonyl (C=O) groups is 1. The molecule has 0 saturated carbocycles. The van der Waals surface area contributed by atoms with Crippen LogP contribution in [0.1, 0.15) is 10.4 Å². The number of hydrogen-bond donors (Lipinski definition) is 1. The van der Waals surface area contributed by atoms with Crippen LogP contribution in [0, 0.1) is 5.82 Å². The number of ether oxygens (including phenoxy) is 2. The van der Waals surface area contributed by atoms with Gasteiger partial charge in [-0.2, -0.15) is 3.97 Å². The number of hydrogen-bond acceptors (Lipinski definition) is 5. The van der Waals surface area contributed by atoms with Crippen molar-refractivity contribution >= 4 is 35.9 Å². The fraction of sp³-hybridized carbons (Fsp3) is 0.226. The molecule has 3 heterocycles. The highest BCUT2D eigenvalue weighted by atomic mass is 32.3. The third-order valence-electron chi connectivity index (χ3n) is 7.00. The van der Waals surface area contributed by atoms with E-state index in [9.17, 15) is 13.7 Å². The monoisotopic (exact) mass is 608 g/mol. The van der Waals surface area contributed by atoms with E-state index in [0.29, 0.717) is 45.1 Å². The fourth-order valence-electron chi connectivity index (χ4n) is 4.83. The van der Waals surface area contributed by atoms with Gasteiger partial charge in [0.2, 0.25) is 0 Å². The van der Waals surface area contributed by atoms with Crippen molar-refractivity contribution in [2.45, 2.75) is 37.3 Å². The molecule has 220 valence electrons. The molecule has 42 heavy (non-hydrogen) atoms. The first-order chi connectivity index (χ1) is 20.0. The Kier molecular flexibility index (Phi) is 8.40. The van der Waals surface area contributed by atoms with Crippen molar-refractivity contribution in [2.75, 3.05) is 13.7 Å². The van der Waals surface area contributed by atoms with Gasteiger partial charge in [0.25, 0.3) is 0 Å². The molecule has 2 aromatic carbocycles. The number of esters is 1. The van der Waals surface area contributed by atoms with E-state index in [1.165, 1.54) is 23.2 Å². The molecule has 0 spiro atoms. The topological polar surface area (TPSA) is 101 Å². The van der Waals surface area contributed by atoms with Crippen molar-refractivity contribution in [1.29, 1.82) is 0 Å². The number of methoxy groups -OCH3 is 1. The van der Waals surface area contributed by atoms with Crippen LogP contribution in [0.15, 0.2) is 90.1 Å². The highest BCUT2D eigenvalue weighted by Gasteiger charge is 2.28. The molecule has 3 aromatic heterocycles. The minimum atomic E-state index is -3.17. The van der Waals surface area contributed by atoms with Crippen LogP contribution in [-0.2, 0) is 16.2 Å². The van der Waals surface area contributed by atoms with Gasteiger partial charge in [-0.15, -0.1) is 0 Å². The van der Waals surface area contributed by atoms with Crippen molar-refractivity contribution < 1.29 is 27.8 Å². The summed E-state index contributed by atoms with van der Waals surface area (Å²) in [5, 5.41) is 0.676. The maximum atomic E-state index is 14.4. The summed E-state index contributed by atoms with van der Waals surface area (Å²) in [6.07, 6.45) is 3.26. The predicted octanol–water partition coefficient (Wildman–Crippen LogP) is 7.15. The summed E-state index contributed by atoms with van der Waals surface area (Å²) < 4.78 is 49.3. The molecular weight excluding hydrogens is 574 g/mol. The molecule has 0 radical (unpaired) electrons. The average molecular weight is 609 g/mol. The summed E-state index contributed by atoms with van der Waals surface area (Å²) in [6, 6.07) is 21.2. The van der Waals surface area contributed by atoms with E-state index in [1.54, 1.807) is 60.9 Å². The smallest absolute Gasteiger partial charge is 0.340 e. The maximum absolute atomic E-state index is 14.4. The minimum Gasteiger partial charge on any atom is -0.465 e. The van der Waals surface area contributed by atoms with Crippen LogP contribution in [0.25, 0.3) is 33.5 Å². The first kappa shape index (κ1) is 29.7. The van der Waals surface area contributed by atoms with Gasteiger partial charge in [-0.1, -0.05) is 50.0 Å². The van der Waals surface area contributed by atoms with Crippen molar-refractivity contribution in [2.24, 2.45) is 0 Å². The standard InChI is InChI=1S/C31H34FN3O5SSi/c1-39-31(36)27-20-28(34(21-40-17-18-42(2,3)4)29(27)22-9-8-10-23(32)19-22)25-13-15-33-30-26(25)14-16-35(30)41(37,38)24-11-6-5-7-12-24/h5-16,19-20,37-38H,17-18,21H2,1-4H3/p+1. The molecule has 0 bridgehead atoms. The summed E-state index contributed by atoms with van der Waals surface area (Å²) in [7, 11) is -3.22. The molecule has 0 aliphatic carbocycles. The van der Waals surface area contributed by atoms with Crippen molar-refractivity contribution in [3.8, 4) is 22.5 Å². The molecular formula is C31H35FN3O5SSi+. The molecule has 0 fully saturated rings. The summed E-state index contributed by atoms with van der Waals surface area (Å²) in [5.41, 5.74) is 3.01. The van der Waals surface area contributed by atoms with E-state index in [1.807, 2.05) is 16.7 Å². The van der Waals surface area contributed by atoms with Gasteiger partial charge >= 0.3 is 5.97 Å². The van der Waals surface area contributed by atoms with Gasteiger partial charge in [-0.05, 0) is 48.5 Å². The van der Waals surface area contributed by atoms with E-state index in [-0.39, 0.29) is 12.3 Å². The third kappa shape index (κ3) is 5.92. The Hall–Kier alpha value is -3.74. The first-order valence-electron chi connectivity index (χ1n) is 13.5. The Bertz CT molecular complexity index is 1730. The summed E-state index contributed by atoms with van der Waals surface area (Å²) >= 11 is 0. The second-order valence-electron chi connectivity index (χ2n) is 11.2. The normalized spacial score (nSPS) is 14.1. The SMILES string of the molecule is COC(=O)c1cc(-c2ccnc3c2ccn3S(O)([OH2+])c2ccccc2)n(COCC[Si](C)(C)C)c1-c1cccc(F)c1. The maximum Gasteiger partial charge on any atom is 0.340 e. The van der Waals surface area contributed by atoms with Gasteiger partial charge in [0.15, 0.2) is 5.65 Å². The van der Waals surface area contributed by atoms with Crippen molar-refractivity contribution in [3.63, 3.8) is 0 Å². The van der Waals surface area contributed by atoms with Crippen LogP contribution < -0.4 is 0 Å². The average Bonchev–Trinajstić information content (AvgIpc) is 3.57. The lowest BCUT2D eigenvalue weighted by atomic mass is 10.1. The van der Waals surface area contributed by atoms with Crippen LogP contribution in [0.4, 0.5) is 4.39 Å². The van der Waals surface area contributed by atoms with Crippen LogP contribution in [0.3, 0.4) is 0 Å². The molecule has 1 atom stereocenters. The largest absolute Gasteiger partial charge is 0.465 e. The zero-order chi connectivity index (χ0) is 30.1. The molecule has 0 aliphatic rings. The van der Waals surface area contributed by atoms with Gasteiger partial charge < -0.3 is 18.6 Å². The number of pyridine rings is 1. The zero-order valence-corrected chi connectivity index (χ0v) is 25.8. The van der Waals surface area contributed by atoms with E-state index in [0.717, 1.165) is 6.04 Å². The number of aromatic nitrogens is 3. The minimum absolute atomic E-state index is 0.116. The van der Waals surface area contributed by atoms with Crippen LogP contribution in [-0.4, -0.2) is 50.4 Å². The Morgan fingerprint density at radius 1 is 1.07 bits per heavy atom. The number of rotatable bonds is 10. The predicted molar refractivity (Wildman–Crippen MR) is 168 cm³/mol. The molecule has 3 N–H and O–H groups in total. The number of halogens is 1. The summed E-state index contributed by atoms with van der Waals surface area (Å²) in [5.74, 6) is -0.993. The molecule has 0 amide bonds. The Morgan fingerprint density at radius 2 is 1.83 bits per heavy atom. The summed E-state index contributed by atoms with van der Waals surface area (Å²) in [6.45, 7) is 7.47. The molecule has 5 aromatic rings. The quantitative estimate of drug-likeness (QED) is 0.0785. The summed E-state index contributed by atoms with van der Waals surface area (Å²) in [4.78, 5) is 18.1. The highest BCUT2D eigenvalue weighted by Crippen LogP contribution is 2.51. The molecule has 11 heteroatoms. The zero-order valence-electron chi connectivity index (χ0n) is 24.0. The lowest BCUT2D eigenvalue weighted by molar-refractivity contribution is 0.0600. The van der Waals surface area contributed by atoms with Gasteiger partial charge in [-0.3, -0.25) is 0 Å². The lowest BCUT2D eigenvalue weighted by Crippen LogP contribution is -2.22. The number of nitrogens with zero attached hydrogens (tertiary/aromatic N) is 3. The van der Waals surface area contributed by atoms with E-state index >= 15 is 0 Å². The number of carbonyl (C=O) groups excluding carboxylic acids is 1. The second kappa shape index (κ2) is 11.9. The molecule has 1 unspecified atom stereocenters. The van der Waals surface area contributed by atoms with Crippen LogP contribution in [0.2, 0.25) is 25.7 Å². The Labute approximate surface area is 246 Å². The number of benzene rings is 2. The van der Waals surface area contributed by atoms with E-state index < -0.39 is 30.6 Å². The first-order valence-corrected chi connectivity index (χ1v) is 18.7. The Morgan fingerprint density at radius 3 is 2.52 bits per heavy atom. The van der Waals surface area contributed by atoms with Crippen molar-refractivity contribution in [3.05, 3.63) is 96.6 Å². The van der Waals surface area contributed by atoms with Gasteiger partial charge in [0.05, 0.1) is 24.1 Å². The lowest BCUT2D eigenvalue weighted by Gasteiger charge is -2.29. The number of fused-ring (bicyclic) bond motifs is 1. The molecule has 0 aliphatic heterocycles. The van der Waals surface area contributed by atoms with Crippen molar-refractivity contribution in [1.82, 2.24) is 13.5 Å². The van der Waals surface area contributed by atoms with Crippen LogP contribution >= 0.6 is 10.8 Å². The van der Waals surface area contributed by atoms with Crippen LogP contribution in [0.5, 0.6) is 0 Å². The second-order valence-corrected chi connectivity index (χ2v) is 18.8. The highest BCUT2D eigenvalue weighted by molar-refractivity contribution is 8.23. The van der Waals surface area contributed by atoms with Gasteiger partial charge in [0, 0.05) is 54.4 Å². The van der Waals surface area contributed by atoms with Gasteiger partial charge in [0.1, 0.15) is 17.4 Å². The van der Waals surface area contributed by atoms with E-state index in [2.05, 4.69) is 24.6 Å². The molecule has 5 rings (SSSR count). The fourth-order valence-corrected chi connectivity index (χ4v) is 6.98. The molecule has 0 saturated heterocycles. The Balaban J connectivity index is 1.70. The van der Waals surface area contributed by atoms with Gasteiger partial charge in [-0.25, -0.2) is 18.7 Å². The molecule has 8 nitrogen and oxygen atoms in total. The third-order valence-corrected chi connectivity index (χ3v) is 10.5. The van der Waals surface area contributed by atoms with E-state index in [4.69, 9.17) is 14.0 Å².